The molecule has 2 aliphatic rings. The minimum absolute atomic E-state index is 0.294. The molecule has 0 bridgehead atoms. The Balaban J connectivity index is 1.45. The molecular formula is C23H38N4O3. The largest absolute Gasteiger partial charge is 0.478 e. The van der Waals surface area contributed by atoms with Crippen LogP contribution in [-0.2, 0) is 16.0 Å². The van der Waals surface area contributed by atoms with Crippen LogP contribution in [0.5, 0.6) is 5.88 Å². The number of likely N-dealkylation sites (tertiary alicyclic amines) is 1. The Labute approximate surface area is 181 Å². The second-order valence-corrected chi connectivity index (χ2v) is 8.03. The molecule has 30 heavy (non-hydrogen) atoms. The first-order chi connectivity index (χ1) is 14.8. The van der Waals surface area contributed by atoms with Gasteiger partial charge in [0.05, 0.1) is 32.0 Å². The quantitative estimate of drug-likeness (QED) is 0.490. The van der Waals surface area contributed by atoms with E-state index < -0.39 is 0 Å². The van der Waals surface area contributed by atoms with E-state index in [2.05, 4.69) is 29.0 Å². The predicted molar refractivity (Wildman–Crippen MR) is 119 cm³/mol. The summed E-state index contributed by atoms with van der Waals surface area (Å²) < 4.78 is 17.5. The molecule has 1 N–H and O–H groups in total. The molecule has 2 fully saturated rings. The van der Waals surface area contributed by atoms with Crippen molar-refractivity contribution in [2.45, 2.75) is 71.1 Å². The smallest absolute Gasteiger partial charge is 0.213 e. The Hall–Kier alpha value is -1.86. The molecule has 7 heteroatoms. The lowest BCUT2D eigenvalue weighted by Gasteiger charge is -2.35. The van der Waals surface area contributed by atoms with Crippen molar-refractivity contribution in [2.75, 3.05) is 39.5 Å². The van der Waals surface area contributed by atoms with Crippen LogP contribution >= 0.6 is 0 Å². The lowest BCUT2D eigenvalue weighted by Crippen LogP contribution is -2.47. The third kappa shape index (κ3) is 7.43. The highest BCUT2D eigenvalue weighted by molar-refractivity contribution is 5.80. The van der Waals surface area contributed by atoms with Crippen LogP contribution in [0.4, 0.5) is 0 Å². The van der Waals surface area contributed by atoms with Gasteiger partial charge in [-0.25, -0.2) is 9.98 Å². The molecule has 1 aromatic rings. The van der Waals surface area contributed by atoms with Crippen LogP contribution < -0.4 is 10.1 Å². The van der Waals surface area contributed by atoms with E-state index in [0.717, 1.165) is 70.1 Å². The van der Waals surface area contributed by atoms with Gasteiger partial charge >= 0.3 is 0 Å². The SMILES string of the molecule is CCCOc1ccc(CN=C(NCC)N2CCC(OCC3CCCCO3)CC2)cn1. The molecular weight excluding hydrogens is 380 g/mol. The van der Waals surface area contributed by atoms with Crippen LogP contribution in [0.1, 0.15) is 57.9 Å². The number of guanidine groups is 1. The normalized spacial score (nSPS) is 20.9. The molecule has 2 saturated heterocycles. The molecule has 0 aromatic carbocycles. The van der Waals surface area contributed by atoms with E-state index in [1.54, 1.807) is 0 Å². The van der Waals surface area contributed by atoms with Gasteiger partial charge in [0.1, 0.15) is 0 Å². The van der Waals surface area contributed by atoms with Crippen molar-refractivity contribution >= 4 is 5.96 Å². The summed E-state index contributed by atoms with van der Waals surface area (Å²) in [5.41, 5.74) is 1.08. The highest BCUT2D eigenvalue weighted by Crippen LogP contribution is 2.18. The summed E-state index contributed by atoms with van der Waals surface area (Å²) >= 11 is 0. The molecule has 0 radical (unpaired) electrons. The second-order valence-electron chi connectivity index (χ2n) is 8.03. The molecule has 0 spiro atoms. The number of pyridine rings is 1. The highest BCUT2D eigenvalue weighted by Gasteiger charge is 2.23. The maximum absolute atomic E-state index is 6.15. The maximum Gasteiger partial charge on any atom is 0.213 e. The standard InChI is InChI=1S/C23H38N4O3/c1-3-14-29-22-9-8-19(16-25-22)17-26-23(24-4-2)27-12-10-20(11-13-27)30-18-21-7-5-6-15-28-21/h8-9,16,20-21H,3-7,10-15,17-18H2,1-2H3,(H,24,26). The number of hydrogen-bond acceptors (Lipinski definition) is 5. The van der Waals surface area contributed by atoms with Crippen LogP contribution in [0, 0.1) is 0 Å². The number of aromatic nitrogens is 1. The summed E-state index contributed by atoms with van der Waals surface area (Å²) in [7, 11) is 0. The average molecular weight is 419 g/mol. The topological polar surface area (TPSA) is 68.2 Å². The number of piperidine rings is 1. The van der Waals surface area contributed by atoms with E-state index in [0.29, 0.717) is 31.2 Å². The van der Waals surface area contributed by atoms with Gasteiger partial charge in [-0.3, -0.25) is 0 Å². The predicted octanol–water partition coefficient (Wildman–Crippen LogP) is 3.39. The fourth-order valence-corrected chi connectivity index (χ4v) is 3.80. The van der Waals surface area contributed by atoms with Gasteiger partial charge in [-0.1, -0.05) is 13.0 Å². The number of hydrogen-bond donors (Lipinski definition) is 1. The van der Waals surface area contributed by atoms with Crippen LogP contribution in [0.25, 0.3) is 0 Å². The summed E-state index contributed by atoms with van der Waals surface area (Å²) in [6.07, 6.45) is 9.10. The average Bonchev–Trinajstić information content (AvgIpc) is 2.81. The number of nitrogens with zero attached hydrogens (tertiary/aromatic N) is 3. The minimum atomic E-state index is 0.294. The zero-order valence-corrected chi connectivity index (χ0v) is 18.6. The fourth-order valence-electron chi connectivity index (χ4n) is 3.80. The van der Waals surface area contributed by atoms with Gasteiger partial charge in [0.15, 0.2) is 5.96 Å². The summed E-state index contributed by atoms with van der Waals surface area (Å²) in [4.78, 5) is 11.5. The van der Waals surface area contributed by atoms with Gasteiger partial charge in [-0.2, -0.15) is 0 Å². The van der Waals surface area contributed by atoms with Gasteiger partial charge in [-0.15, -0.1) is 0 Å². The van der Waals surface area contributed by atoms with Crippen LogP contribution in [0.3, 0.4) is 0 Å². The third-order valence-corrected chi connectivity index (χ3v) is 5.53. The van der Waals surface area contributed by atoms with E-state index in [-0.39, 0.29) is 0 Å². The summed E-state index contributed by atoms with van der Waals surface area (Å²) in [5, 5.41) is 3.43. The van der Waals surface area contributed by atoms with Crippen molar-refractivity contribution in [3.8, 4) is 5.88 Å². The van der Waals surface area contributed by atoms with E-state index in [4.69, 9.17) is 19.2 Å². The van der Waals surface area contributed by atoms with Crippen LogP contribution in [0.15, 0.2) is 23.3 Å². The minimum Gasteiger partial charge on any atom is -0.478 e. The number of rotatable bonds is 9. The summed E-state index contributed by atoms with van der Waals surface area (Å²) in [6.45, 7) is 9.91. The number of ether oxygens (including phenoxy) is 3. The van der Waals surface area contributed by atoms with Gasteiger partial charge < -0.3 is 24.4 Å². The molecule has 3 rings (SSSR count). The van der Waals surface area contributed by atoms with E-state index in [1.165, 1.54) is 12.8 Å². The maximum atomic E-state index is 6.15. The number of aliphatic imine (C=N–C) groups is 1. The van der Waals surface area contributed by atoms with Crippen molar-refractivity contribution in [3.05, 3.63) is 23.9 Å². The monoisotopic (exact) mass is 418 g/mol. The molecule has 0 aliphatic carbocycles. The molecule has 2 aliphatic heterocycles. The highest BCUT2D eigenvalue weighted by atomic mass is 16.5. The number of nitrogens with one attached hydrogen (secondary N) is 1. The first-order valence-corrected chi connectivity index (χ1v) is 11.6. The van der Waals surface area contributed by atoms with E-state index >= 15 is 0 Å². The zero-order chi connectivity index (χ0) is 21.0. The second kappa shape index (κ2) is 12.7. The molecule has 1 atom stereocenters. The third-order valence-electron chi connectivity index (χ3n) is 5.53. The van der Waals surface area contributed by atoms with Gasteiger partial charge in [0.2, 0.25) is 5.88 Å². The first-order valence-electron chi connectivity index (χ1n) is 11.6. The van der Waals surface area contributed by atoms with Crippen LogP contribution in [-0.4, -0.2) is 67.5 Å². The molecule has 0 amide bonds. The van der Waals surface area contributed by atoms with E-state index in [1.807, 2.05) is 18.3 Å². The van der Waals surface area contributed by atoms with Gasteiger partial charge in [-0.05, 0) is 51.0 Å². The first kappa shape index (κ1) is 22.8. The fraction of sp³-hybridized carbons (Fsp3) is 0.739. The van der Waals surface area contributed by atoms with Crippen molar-refractivity contribution in [2.24, 2.45) is 4.99 Å². The lowest BCUT2D eigenvalue weighted by atomic mass is 10.1. The van der Waals surface area contributed by atoms with Crippen molar-refractivity contribution in [1.29, 1.82) is 0 Å². The summed E-state index contributed by atoms with van der Waals surface area (Å²) in [5.74, 6) is 1.65. The Morgan fingerprint density at radius 1 is 1.23 bits per heavy atom. The van der Waals surface area contributed by atoms with Crippen LogP contribution in [0.2, 0.25) is 0 Å². The lowest BCUT2D eigenvalue weighted by molar-refractivity contribution is -0.0721. The molecule has 1 aromatic heterocycles. The molecule has 7 nitrogen and oxygen atoms in total. The molecule has 3 heterocycles. The Morgan fingerprint density at radius 2 is 2.10 bits per heavy atom. The van der Waals surface area contributed by atoms with Gasteiger partial charge in [0, 0.05) is 38.5 Å². The zero-order valence-electron chi connectivity index (χ0n) is 18.6. The molecule has 168 valence electrons. The Bertz CT molecular complexity index is 624. The summed E-state index contributed by atoms with van der Waals surface area (Å²) in [6, 6.07) is 3.96. The van der Waals surface area contributed by atoms with Crippen molar-refractivity contribution in [1.82, 2.24) is 15.2 Å². The van der Waals surface area contributed by atoms with Crippen molar-refractivity contribution in [3.63, 3.8) is 0 Å². The molecule has 1 unspecified atom stereocenters. The van der Waals surface area contributed by atoms with Crippen molar-refractivity contribution < 1.29 is 14.2 Å². The Kier molecular flexibility index (Phi) is 9.70. The Morgan fingerprint density at radius 3 is 2.77 bits per heavy atom. The molecule has 0 saturated carbocycles. The van der Waals surface area contributed by atoms with E-state index in [9.17, 15) is 0 Å². The van der Waals surface area contributed by atoms with Gasteiger partial charge in [0.25, 0.3) is 0 Å².